The molecule has 1 atom stereocenters. The number of pyridine rings is 1. The van der Waals surface area contributed by atoms with Crippen LogP contribution in [0.4, 0.5) is 0 Å². The summed E-state index contributed by atoms with van der Waals surface area (Å²) in [5.74, 6) is 5.70. The molecule has 20 heavy (non-hydrogen) atoms. The molecular weight excluding hydrogens is 318 g/mol. The van der Waals surface area contributed by atoms with E-state index >= 15 is 0 Å². The summed E-state index contributed by atoms with van der Waals surface area (Å²) >= 11 is 3.44. The lowest BCUT2D eigenvalue weighted by molar-refractivity contribution is 0.519. The van der Waals surface area contributed by atoms with E-state index in [1.54, 1.807) is 6.20 Å². The Morgan fingerprint density at radius 1 is 1.35 bits per heavy atom. The minimum atomic E-state index is 0.160. The number of hydrogen-bond acceptors (Lipinski definition) is 4. The van der Waals surface area contributed by atoms with Crippen LogP contribution in [-0.2, 0) is 19.9 Å². The highest BCUT2D eigenvalue weighted by Crippen LogP contribution is 2.17. The van der Waals surface area contributed by atoms with Gasteiger partial charge >= 0.3 is 0 Å². The lowest BCUT2D eigenvalue weighted by atomic mass is 9.99. The van der Waals surface area contributed by atoms with Crippen LogP contribution in [0.1, 0.15) is 22.5 Å². The predicted octanol–water partition coefficient (Wildman–Crippen LogP) is 1.81. The molecule has 1 unspecified atom stereocenters. The second kappa shape index (κ2) is 6.47. The summed E-state index contributed by atoms with van der Waals surface area (Å²) in [5, 5.41) is 4.45. The Kier molecular flexibility index (Phi) is 4.91. The summed E-state index contributed by atoms with van der Waals surface area (Å²) in [4.78, 5) is 4.19. The molecule has 0 fully saturated rings. The van der Waals surface area contributed by atoms with Crippen molar-refractivity contribution in [2.75, 3.05) is 0 Å². The number of nitrogens with two attached hydrogens (primary N) is 1. The van der Waals surface area contributed by atoms with Gasteiger partial charge in [0.15, 0.2) is 0 Å². The molecule has 0 saturated carbocycles. The summed E-state index contributed by atoms with van der Waals surface area (Å²) in [6.45, 7) is 4.13. The van der Waals surface area contributed by atoms with Crippen molar-refractivity contribution in [1.82, 2.24) is 20.2 Å². The van der Waals surface area contributed by atoms with E-state index < -0.39 is 0 Å². The van der Waals surface area contributed by atoms with Crippen molar-refractivity contribution in [3.8, 4) is 0 Å². The normalized spacial score (nSPS) is 12.7. The molecule has 3 N–H and O–H groups in total. The minimum Gasteiger partial charge on any atom is -0.272 e. The Morgan fingerprint density at radius 3 is 2.65 bits per heavy atom. The molecule has 2 heterocycles. The lowest BCUT2D eigenvalue weighted by Crippen LogP contribution is -2.38. The highest BCUT2D eigenvalue weighted by Gasteiger charge is 2.15. The Balaban J connectivity index is 2.13. The lowest BCUT2D eigenvalue weighted by Gasteiger charge is -2.16. The molecule has 0 radical (unpaired) electrons. The van der Waals surface area contributed by atoms with E-state index in [0.29, 0.717) is 0 Å². The quantitative estimate of drug-likeness (QED) is 0.645. The molecule has 0 spiro atoms. The molecule has 108 valence electrons. The Hall–Kier alpha value is -1.24. The smallest absolute Gasteiger partial charge is 0.0628 e. The molecule has 2 rings (SSSR count). The minimum absolute atomic E-state index is 0.160. The number of nitrogens with one attached hydrogen (secondary N) is 1. The Labute approximate surface area is 127 Å². The van der Waals surface area contributed by atoms with Gasteiger partial charge in [-0.05, 0) is 59.8 Å². The standard InChI is InChI=1S/C14H20BrN5/c1-9-14(10(2)20(3)19-9)6-13(18-16)5-11-4-12(15)8-17-7-11/h4,7-8,13,18H,5-6,16H2,1-3H3. The molecule has 6 heteroatoms. The number of hydrazine groups is 1. The number of aromatic nitrogens is 3. The second-order valence-electron chi connectivity index (χ2n) is 5.06. The van der Waals surface area contributed by atoms with E-state index in [1.165, 1.54) is 11.3 Å². The zero-order valence-corrected chi connectivity index (χ0v) is 13.6. The van der Waals surface area contributed by atoms with Gasteiger partial charge in [-0.3, -0.25) is 20.9 Å². The fourth-order valence-electron chi connectivity index (χ4n) is 2.40. The van der Waals surface area contributed by atoms with Crippen LogP contribution >= 0.6 is 15.9 Å². The molecule has 0 bridgehead atoms. The molecule has 0 aliphatic carbocycles. The number of halogens is 1. The molecular formula is C14H20BrN5. The zero-order valence-electron chi connectivity index (χ0n) is 12.0. The average Bonchev–Trinajstić information content (AvgIpc) is 2.64. The van der Waals surface area contributed by atoms with Crippen LogP contribution in [0.25, 0.3) is 0 Å². The molecule has 5 nitrogen and oxygen atoms in total. The van der Waals surface area contributed by atoms with Crippen molar-refractivity contribution in [2.45, 2.75) is 32.7 Å². The van der Waals surface area contributed by atoms with Gasteiger partial charge in [-0.15, -0.1) is 0 Å². The van der Waals surface area contributed by atoms with Gasteiger partial charge in [-0.2, -0.15) is 5.10 Å². The highest BCUT2D eigenvalue weighted by atomic mass is 79.9. The second-order valence-corrected chi connectivity index (χ2v) is 5.97. The first-order chi connectivity index (χ1) is 9.51. The first kappa shape index (κ1) is 15.2. The van der Waals surface area contributed by atoms with Gasteiger partial charge < -0.3 is 0 Å². The summed E-state index contributed by atoms with van der Waals surface area (Å²) in [7, 11) is 1.97. The van der Waals surface area contributed by atoms with Crippen molar-refractivity contribution in [2.24, 2.45) is 12.9 Å². The predicted molar refractivity (Wildman–Crippen MR) is 83.1 cm³/mol. The monoisotopic (exact) mass is 337 g/mol. The van der Waals surface area contributed by atoms with Crippen molar-refractivity contribution in [3.63, 3.8) is 0 Å². The molecule has 0 aliphatic rings. The third kappa shape index (κ3) is 3.45. The van der Waals surface area contributed by atoms with Crippen LogP contribution in [0, 0.1) is 13.8 Å². The first-order valence-electron chi connectivity index (χ1n) is 6.56. The van der Waals surface area contributed by atoms with Crippen LogP contribution in [0.15, 0.2) is 22.9 Å². The first-order valence-corrected chi connectivity index (χ1v) is 7.35. The molecule has 2 aromatic rings. The van der Waals surface area contributed by atoms with Gasteiger partial charge in [0.25, 0.3) is 0 Å². The van der Waals surface area contributed by atoms with E-state index in [1.807, 2.05) is 24.9 Å². The van der Waals surface area contributed by atoms with Crippen LogP contribution in [0.5, 0.6) is 0 Å². The zero-order chi connectivity index (χ0) is 14.7. The fraction of sp³-hybridized carbons (Fsp3) is 0.429. The van der Waals surface area contributed by atoms with E-state index in [-0.39, 0.29) is 6.04 Å². The van der Waals surface area contributed by atoms with Crippen molar-refractivity contribution >= 4 is 15.9 Å². The van der Waals surface area contributed by atoms with Crippen LogP contribution in [0.2, 0.25) is 0 Å². The number of nitrogens with zero attached hydrogens (tertiary/aromatic N) is 3. The van der Waals surface area contributed by atoms with E-state index in [4.69, 9.17) is 5.84 Å². The summed E-state index contributed by atoms with van der Waals surface area (Å²) in [6.07, 6.45) is 5.34. The van der Waals surface area contributed by atoms with Crippen LogP contribution < -0.4 is 11.3 Å². The van der Waals surface area contributed by atoms with Crippen molar-refractivity contribution in [3.05, 3.63) is 45.4 Å². The highest BCUT2D eigenvalue weighted by molar-refractivity contribution is 9.10. The van der Waals surface area contributed by atoms with Crippen molar-refractivity contribution < 1.29 is 0 Å². The maximum atomic E-state index is 5.70. The third-order valence-corrected chi connectivity index (χ3v) is 4.02. The molecule has 0 aliphatic heterocycles. The van der Waals surface area contributed by atoms with Gasteiger partial charge in [0.1, 0.15) is 0 Å². The van der Waals surface area contributed by atoms with E-state index in [2.05, 4.69) is 44.4 Å². The largest absolute Gasteiger partial charge is 0.272 e. The van der Waals surface area contributed by atoms with Gasteiger partial charge in [-0.1, -0.05) is 0 Å². The van der Waals surface area contributed by atoms with Crippen molar-refractivity contribution in [1.29, 1.82) is 0 Å². The van der Waals surface area contributed by atoms with Gasteiger partial charge in [0.2, 0.25) is 0 Å². The number of aryl methyl sites for hydroxylation is 2. The topological polar surface area (TPSA) is 68.8 Å². The fourth-order valence-corrected chi connectivity index (χ4v) is 2.81. The van der Waals surface area contributed by atoms with Gasteiger partial charge in [0, 0.05) is 35.6 Å². The van der Waals surface area contributed by atoms with Crippen LogP contribution in [-0.4, -0.2) is 20.8 Å². The summed E-state index contributed by atoms with van der Waals surface area (Å²) in [6, 6.07) is 2.23. The van der Waals surface area contributed by atoms with E-state index in [9.17, 15) is 0 Å². The summed E-state index contributed by atoms with van der Waals surface area (Å²) in [5.41, 5.74) is 7.58. The number of hydrogen-bond donors (Lipinski definition) is 2. The van der Waals surface area contributed by atoms with Gasteiger partial charge in [0.05, 0.1) is 5.69 Å². The van der Waals surface area contributed by atoms with E-state index in [0.717, 1.165) is 28.6 Å². The molecule has 0 amide bonds. The summed E-state index contributed by atoms with van der Waals surface area (Å²) < 4.78 is 2.90. The Bertz CT molecular complexity index is 593. The maximum absolute atomic E-state index is 5.70. The maximum Gasteiger partial charge on any atom is 0.0628 e. The number of rotatable bonds is 5. The average molecular weight is 338 g/mol. The third-order valence-electron chi connectivity index (χ3n) is 3.59. The molecule has 0 aromatic carbocycles. The van der Waals surface area contributed by atoms with Gasteiger partial charge in [-0.25, -0.2) is 0 Å². The SMILES string of the molecule is Cc1nn(C)c(C)c1CC(Cc1cncc(Br)c1)NN. The Morgan fingerprint density at radius 2 is 2.10 bits per heavy atom. The molecule has 2 aromatic heterocycles. The van der Waals surface area contributed by atoms with Crippen LogP contribution in [0.3, 0.4) is 0 Å². The molecule has 0 saturated heterocycles.